The summed E-state index contributed by atoms with van der Waals surface area (Å²) in [5, 5.41) is 14.0. The van der Waals surface area contributed by atoms with E-state index in [0.717, 1.165) is 11.1 Å². The van der Waals surface area contributed by atoms with Gasteiger partial charge in [-0.15, -0.1) is 0 Å². The lowest BCUT2D eigenvalue weighted by Gasteiger charge is -2.16. The Morgan fingerprint density at radius 3 is 2.16 bits per heavy atom. The second kappa shape index (κ2) is 10.1. The van der Waals surface area contributed by atoms with E-state index in [2.05, 4.69) is 34.9 Å². The van der Waals surface area contributed by atoms with Crippen molar-refractivity contribution in [3.05, 3.63) is 59.7 Å². The van der Waals surface area contributed by atoms with Gasteiger partial charge in [0.2, 0.25) is 5.91 Å². The van der Waals surface area contributed by atoms with Gasteiger partial charge in [-0.25, -0.2) is 4.79 Å². The molecule has 0 aliphatic heterocycles. The number of fused-ring (bicyclic) bond motifs is 3. The normalized spacial score (nSPS) is 14.1. The van der Waals surface area contributed by atoms with Crippen LogP contribution in [-0.4, -0.2) is 42.3 Å². The quantitative estimate of drug-likeness (QED) is 0.571. The van der Waals surface area contributed by atoms with Crippen molar-refractivity contribution in [1.29, 1.82) is 0 Å². The molecule has 1 aliphatic carbocycles. The van der Waals surface area contributed by atoms with Crippen LogP contribution >= 0.6 is 0 Å². The number of alkyl carbamates (subject to hydrolysis) is 1. The third-order valence-corrected chi connectivity index (χ3v) is 5.55. The van der Waals surface area contributed by atoms with Crippen molar-refractivity contribution in [1.82, 2.24) is 10.6 Å². The zero-order valence-corrected chi connectivity index (χ0v) is 17.8. The molecule has 0 bridgehead atoms. The SMILES string of the molecule is CC(CCC(=O)NC(C)C(=O)O)CNC(=O)OCC1c2ccccc2-c2ccccc21. The Hall–Kier alpha value is -3.35. The maximum absolute atomic E-state index is 12.2. The summed E-state index contributed by atoms with van der Waals surface area (Å²) in [7, 11) is 0. The summed E-state index contributed by atoms with van der Waals surface area (Å²) in [4.78, 5) is 34.7. The highest BCUT2D eigenvalue weighted by atomic mass is 16.5. The van der Waals surface area contributed by atoms with Crippen LogP contribution < -0.4 is 10.6 Å². The molecule has 1 aliphatic rings. The largest absolute Gasteiger partial charge is 0.480 e. The van der Waals surface area contributed by atoms with Gasteiger partial charge in [-0.2, -0.15) is 0 Å². The Morgan fingerprint density at radius 1 is 1.00 bits per heavy atom. The number of ether oxygens (including phenoxy) is 1. The number of hydrogen-bond acceptors (Lipinski definition) is 4. The third-order valence-electron chi connectivity index (χ3n) is 5.55. The van der Waals surface area contributed by atoms with Gasteiger partial charge in [0.1, 0.15) is 12.6 Å². The number of nitrogens with one attached hydrogen (secondary N) is 2. The van der Waals surface area contributed by atoms with Crippen molar-refractivity contribution in [3.8, 4) is 11.1 Å². The summed E-state index contributed by atoms with van der Waals surface area (Å²) in [5.41, 5.74) is 4.67. The molecule has 0 saturated carbocycles. The maximum atomic E-state index is 12.2. The van der Waals surface area contributed by atoms with E-state index in [4.69, 9.17) is 9.84 Å². The van der Waals surface area contributed by atoms with Gasteiger partial charge in [0, 0.05) is 18.9 Å². The van der Waals surface area contributed by atoms with Crippen LogP contribution in [0.25, 0.3) is 11.1 Å². The van der Waals surface area contributed by atoms with Crippen molar-refractivity contribution < 1.29 is 24.2 Å². The lowest BCUT2D eigenvalue weighted by molar-refractivity contribution is -0.141. The Morgan fingerprint density at radius 2 is 1.58 bits per heavy atom. The van der Waals surface area contributed by atoms with Gasteiger partial charge in [-0.05, 0) is 41.5 Å². The predicted molar refractivity (Wildman–Crippen MR) is 117 cm³/mol. The Kier molecular flexibility index (Phi) is 7.28. The first-order chi connectivity index (χ1) is 14.9. The van der Waals surface area contributed by atoms with E-state index < -0.39 is 18.1 Å². The van der Waals surface area contributed by atoms with Gasteiger partial charge in [0.15, 0.2) is 0 Å². The minimum absolute atomic E-state index is 0.00972. The molecule has 2 amide bonds. The van der Waals surface area contributed by atoms with Crippen molar-refractivity contribution in [2.45, 2.75) is 38.6 Å². The van der Waals surface area contributed by atoms with Crippen LogP contribution in [0.3, 0.4) is 0 Å². The van der Waals surface area contributed by atoms with E-state index in [1.54, 1.807) is 0 Å². The topological polar surface area (TPSA) is 105 Å². The highest BCUT2D eigenvalue weighted by molar-refractivity contribution is 5.83. The highest BCUT2D eigenvalue weighted by Gasteiger charge is 2.29. The smallest absolute Gasteiger partial charge is 0.407 e. The molecular weight excluding hydrogens is 396 g/mol. The second-order valence-corrected chi connectivity index (χ2v) is 7.98. The number of carbonyl (C=O) groups is 3. The van der Waals surface area contributed by atoms with Crippen molar-refractivity contribution in [2.75, 3.05) is 13.2 Å². The van der Waals surface area contributed by atoms with Crippen LogP contribution in [0.15, 0.2) is 48.5 Å². The summed E-state index contributed by atoms with van der Waals surface area (Å²) in [6, 6.07) is 15.4. The van der Waals surface area contributed by atoms with Crippen LogP contribution in [0.4, 0.5) is 4.79 Å². The minimum atomic E-state index is -1.07. The fourth-order valence-corrected chi connectivity index (χ4v) is 3.76. The number of carboxylic acids is 1. The number of rotatable bonds is 9. The molecule has 0 aromatic heterocycles. The molecule has 2 aromatic carbocycles. The number of aliphatic carboxylic acids is 1. The molecule has 7 heteroatoms. The lowest BCUT2D eigenvalue weighted by atomic mass is 9.98. The fourth-order valence-electron chi connectivity index (χ4n) is 3.76. The molecule has 0 spiro atoms. The lowest BCUT2D eigenvalue weighted by Crippen LogP contribution is -2.38. The first kappa shape index (κ1) is 22.3. The highest BCUT2D eigenvalue weighted by Crippen LogP contribution is 2.44. The summed E-state index contributed by atoms with van der Waals surface area (Å²) in [6.07, 6.45) is 0.241. The molecule has 2 unspecified atom stereocenters. The van der Waals surface area contributed by atoms with Gasteiger partial charge in [-0.3, -0.25) is 9.59 Å². The summed E-state index contributed by atoms with van der Waals surface area (Å²) in [5.74, 6) is -1.33. The van der Waals surface area contributed by atoms with E-state index in [1.165, 1.54) is 18.1 Å². The van der Waals surface area contributed by atoms with Crippen LogP contribution in [0, 0.1) is 5.92 Å². The van der Waals surface area contributed by atoms with Crippen LogP contribution in [-0.2, 0) is 14.3 Å². The average molecular weight is 424 g/mol. The molecule has 2 aromatic rings. The Bertz CT molecular complexity index is 913. The molecule has 7 nitrogen and oxygen atoms in total. The zero-order valence-electron chi connectivity index (χ0n) is 17.8. The number of hydrogen-bond donors (Lipinski definition) is 3. The van der Waals surface area contributed by atoms with E-state index >= 15 is 0 Å². The fraction of sp³-hybridized carbons (Fsp3) is 0.375. The average Bonchev–Trinajstić information content (AvgIpc) is 3.08. The first-order valence-electron chi connectivity index (χ1n) is 10.5. The van der Waals surface area contributed by atoms with Crippen LogP contribution in [0.1, 0.15) is 43.7 Å². The molecule has 0 heterocycles. The van der Waals surface area contributed by atoms with Gasteiger partial charge >= 0.3 is 12.1 Å². The van der Waals surface area contributed by atoms with Gasteiger partial charge in [-0.1, -0.05) is 55.5 Å². The molecule has 164 valence electrons. The third kappa shape index (κ3) is 5.63. The molecule has 31 heavy (non-hydrogen) atoms. The minimum Gasteiger partial charge on any atom is -0.480 e. The number of amides is 2. The number of carboxylic acid groups (broad SMARTS) is 1. The van der Waals surface area contributed by atoms with Crippen molar-refractivity contribution >= 4 is 18.0 Å². The van der Waals surface area contributed by atoms with Gasteiger partial charge in [0.25, 0.3) is 0 Å². The molecule has 3 N–H and O–H groups in total. The van der Waals surface area contributed by atoms with E-state index in [1.807, 2.05) is 31.2 Å². The van der Waals surface area contributed by atoms with Gasteiger partial charge < -0.3 is 20.5 Å². The Balaban J connectivity index is 1.44. The monoisotopic (exact) mass is 424 g/mol. The zero-order chi connectivity index (χ0) is 22.4. The second-order valence-electron chi connectivity index (χ2n) is 7.98. The van der Waals surface area contributed by atoms with Crippen molar-refractivity contribution in [2.24, 2.45) is 5.92 Å². The van der Waals surface area contributed by atoms with E-state index in [9.17, 15) is 14.4 Å². The molecule has 0 fully saturated rings. The Labute approximate surface area is 181 Å². The summed E-state index contributed by atoms with van der Waals surface area (Å²) >= 11 is 0. The van der Waals surface area contributed by atoms with E-state index in [-0.39, 0.29) is 30.8 Å². The van der Waals surface area contributed by atoms with Crippen molar-refractivity contribution in [3.63, 3.8) is 0 Å². The van der Waals surface area contributed by atoms with Crippen LogP contribution in [0.2, 0.25) is 0 Å². The number of carbonyl (C=O) groups excluding carboxylic acids is 2. The maximum Gasteiger partial charge on any atom is 0.407 e. The molecule has 0 radical (unpaired) electrons. The predicted octanol–water partition coefficient (Wildman–Crippen LogP) is 3.53. The number of benzene rings is 2. The molecule has 0 saturated heterocycles. The molecular formula is C24H28N2O5. The summed E-state index contributed by atoms with van der Waals surface area (Å²) < 4.78 is 5.50. The molecule has 3 rings (SSSR count). The van der Waals surface area contributed by atoms with E-state index in [0.29, 0.717) is 13.0 Å². The van der Waals surface area contributed by atoms with Gasteiger partial charge in [0.05, 0.1) is 0 Å². The molecule has 2 atom stereocenters. The van der Waals surface area contributed by atoms with Crippen LogP contribution in [0.5, 0.6) is 0 Å². The standard InChI is InChI=1S/C24H28N2O5/c1-15(11-12-22(27)26-16(2)23(28)29)13-25-24(30)31-14-21-19-9-5-3-7-17(19)18-8-4-6-10-20(18)21/h3-10,15-16,21H,11-14H2,1-2H3,(H,25,30)(H,26,27)(H,28,29). The summed E-state index contributed by atoms with van der Waals surface area (Å²) in [6.45, 7) is 3.96. The first-order valence-corrected chi connectivity index (χ1v) is 10.5.